The third-order valence-electron chi connectivity index (χ3n) is 4.57. The zero-order chi connectivity index (χ0) is 20.1. The normalized spacial score (nSPS) is 14.7. The first-order valence-electron chi connectivity index (χ1n) is 8.83. The molecule has 1 saturated heterocycles. The number of amides is 1. The van der Waals surface area contributed by atoms with Gasteiger partial charge in [-0.05, 0) is 30.3 Å². The monoisotopic (exact) mass is 394 g/mol. The molecule has 1 fully saturated rings. The summed E-state index contributed by atoms with van der Waals surface area (Å²) < 4.78 is 48.7. The van der Waals surface area contributed by atoms with Crippen molar-refractivity contribution in [2.75, 3.05) is 44.8 Å². The number of anilines is 1. The first-order valence-corrected chi connectivity index (χ1v) is 8.83. The maximum Gasteiger partial charge on any atom is 0.416 e. The van der Waals surface area contributed by atoms with Gasteiger partial charge in [0.05, 0.1) is 12.7 Å². The summed E-state index contributed by atoms with van der Waals surface area (Å²) in [5, 5.41) is 0. The number of halogens is 3. The minimum Gasteiger partial charge on any atom is -0.497 e. The molecule has 2 aromatic carbocycles. The molecule has 28 heavy (non-hydrogen) atoms. The molecule has 0 spiro atoms. The fourth-order valence-corrected chi connectivity index (χ4v) is 3.02. The number of nitrogens with zero attached hydrogens (tertiary/aromatic N) is 2. The molecule has 1 aliphatic rings. The van der Waals surface area contributed by atoms with Gasteiger partial charge in [0.2, 0.25) is 0 Å². The van der Waals surface area contributed by atoms with Gasteiger partial charge in [0.1, 0.15) is 11.5 Å². The van der Waals surface area contributed by atoms with Crippen molar-refractivity contribution >= 4 is 11.6 Å². The summed E-state index contributed by atoms with van der Waals surface area (Å²) in [6, 6.07) is 12.2. The summed E-state index contributed by atoms with van der Waals surface area (Å²) in [5.74, 6) is 0.548. The van der Waals surface area contributed by atoms with Crippen molar-refractivity contribution in [2.24, 2.45) is 0 Å². The molecule has 0 aromatic heterocycles. The third kappa shape index (κ3) is 4.88. The van der Waals surface area contributed by atoms with Gasteiger partial charge in [0.25, 0.3) is 5.91 Å². The maximum atomic E-state index is 12.7. The van der Waals surface area contributed by atoms with Gasteiger partial charge in [-0.3, -0.25) is 4.79 Å². The maximum absolute atomic E-state index is 12.7. The Morgan fingerprint density at radius 1 is 1.00 bits per heavy atom. The smallest absolute Gasteiger partial charge is 0.416 e. The Morgan fingerprint density at radius 3 is 2.36 bits per heavy atom. The molecule has 0 bridgehead atoms. The van der Waals surface area contributed by atoms with Crippen LogP contribution in [-0.2, 0) is 11.0 Å². The van der Waals surface area contributed by atoms with Crippen molar-refractivity contribution in [2.45, 2.75) is 6.18 Å². The largest absolute Gasteiger partial charge is 0.497 e. The van der Waals surface area contributed by atoms with Gasteiger partial charge in [0.15, 0.2) is 6.61 Å². The predicted octanol–water partition coefficient (Wildman–Crippen LogP) is 3.44. The minimum absolute atomic E-state index is 0.0261. The third-order valence-corrected chi connectivity index (χ3v) is 4.57. The lowest BCUT2D eigenvalue weighted by Gasteiger charge is -2.36. The molecule has 3 rings (SSSR count). The van der Waals surface area contributed by atoms with E-state index in [-0.39, 0.29) is 18.3 Å². The van der Waals surface area contributed by atoms with Crippen LogP contribution in [0.3, 0.4) is 0 Å². The van der Waals surface area contributed by atoms with E-state index >= 15 is 0 Å². The Bertz CT molecular complexity index is 818. The van der Waals surface area contributed by atoms with Gasteiger partial charge >= 0.3 is 6.18 Å². The summed E-state index contributed by atoms with van der Waals surface area (Å²) in [6.07, 6.45) is -4.44. The summed E-state index contributed by atoms with van der Waals surface area (Å²) >= 11 is 0. The van der Waals surface area contributed by atoms with Crippen LogP contribution in [0.1, 0.15) is 5.56 Å². The lowest BCUT2D eigenvalue weighted by Crippen LogP contribution is -2.50. The standard InChI is InChI=1S/C20H21F3N2O3/c1-27-17-6-3-5-16(13-17)24-8-10-25(11-9-24)19(26)14-28-18-7-2-4-15(12-18)20(21,22)23/h2-7,12-13H,8-11,14H2,1H3. The molecule has 0 atom stereocenters. The Morgan fingerprint density at radius 2 is 1.68 bits per heavy atom. The highest BCUT2D eigenvalue weighted by molar-refractivity contribution is 5.78. The summed E-state index contributed by atoms with van der Waals surface area (Å²) in [4.78, 5) is 16.1. The number of methoxy groups -OCH3 is 1. The number of carbonyl (C=O) groups is 1. The number of benzene rings is 2. The molecular weight excluding hydrogens is 373 g/mol. The molecule has 2 aromatic rings. The van der Waals surface area contributed by atoms with Crippen LogP contribution < -0.4 is 14.4 Å². The second kappa shape index (κ2) is 8.41. The van der Waals surface area contributed by atoms with Crippen LogP contribution in [0.5, 0.6) is 11.5 Å². The van der Waals surface area contributed by atoms with E-state index in [4.69, 9.17) is 9.47 Å². The lowest BCUT2D eigenvalue weighted by atomic mass is 10.2. The topological polar surface area (TPSA) is 42.0 Å². The van der Waals surface area contributed by atoms with Crippen LogP contribution >= 0.6 is 0 Å². The van der Waals surface area contributed by atoms with E-state index in [1.165, 1.54) is 12.1 Å². The SMILES string of the molecule is COc1cccc(N2CCN(C(=O)COc3cccc(C(F)(F)F)c3)CC2)c1. The summed E-state index contributed by atoms with van der Waals surface area (Å²) in [6.45, 7) is 2.05. The van der Waals surface area contributed by atoms with Gasteiger partial charge < -0.3 is 19.3 Å². The molecule has 5 nitrogen and oxygen atoms in total. The zero-order valence-corrected chi connectivity index (χ0v) is 15.4. The average molecular weight is 394 g/mol. The molecule has 0 radical (unpaired) electrons. The Kier molecular flexibility index (Phi) is 5.96. The van der Waals surface area contributed by atoms with Gasteiger partial charge in [0, 0.05) is 37.9 Å². The van der Waals surface area contributed by atoms with Gasteiger partial charge in [-0.1, -0.05) is 12.1 Å². The summed E-state index contributed by atoms with van der Waals surface area (Å²) in [5.41, 5.74) is 0.219. The molecule has 1 heterocycles. The van der Waals surface area contributed by atoms with Crippen molar-refractivity contribution in [3.63, 3.8) is 0 Å². The number of piperazine rings is 1. The zero-order valence-electron chi connectivity index (χ0n) is 15.4. The highest BCUT2D eigenvalue weighted by Gasteiger charge is 2.30. The van der Waals surface area contributed by atoms with E-state index in [9.17, 15) is 18.0 Å². The van der Waals surface area contributed by atoms with E-state index < -0.39 is 11.7 Å². The highest BCUT2D eigenvalue weighted by atomic mass is 19.4. The molecule has 1 amide bonds. The fraction of sp³-hybridized carbons (Fsp3) is 0.350. The molecule has 0 unspecified atom stereocenters. The summed E-state index contributed by atoms with van der Waals surface area (Å²) in [7, 11) is 1.61. The van der Waals surface area contributed by atoms with E-state index in [0.717, 1.165) is 23.6 Å². The molecule has 0 aliphatic carbocycles. The average Bonchev–Trinajstić information content (AvgIpc) is 2.72. The molecule has 150 valence electrons. The second-order valence-electron chi connectivity index (χ2n) is 6.38. The number of ether oxygens (including phenoxy) is 2. The Balaban J connectivity index is 1.51. The molecule has 0 saturated carbocycles. The van der Waals surface area contributed by atoms with Crippen LogP contribution in [0.15, 0.2) is 48.5 Å². The number of carbonyl (C=O) groups excluding carboxylic acids is 1. The Labute approximate surface area is 161 Å². The molecule has 8 heteroatoms. The van der Waals surface area contributed by atoms with Crippen molar-refractivity contribution in [1.82, 2.24) is 4.90 Å². The van der Waals surface area contributed by atoms with Crippen LogP contribution in [0.25, 0.3) is 0 Å². The second-order valence-corrected chi connectivity index (χ2v) is 6.38. The molecule has 1 aliphatic heterocycles. The van der Waals surface area contributed by atoms with Crippen molar-refractivity contribution in [3.05, 3.63) is 54.1 Å². The predicted molar refractivity (Wildman–Crippen MR) is 98.7 cm³/mol. The van der Waals surface area contributed by atoms with Crippen LogP contribution in [0.2, 0.25) is 0 Å². The van der Waals surface area contributed by atoms with Crippen molar-refractivity contribution in [1.29, 1.82) is 0 Å². The number of rotatable bonds is 5. The van der Waals surface area contributed by atoms with Gasteiger partial charge in [-0.15, -0.1) is 0 Å². The first-order chi connectivity index (χ1) is 13.4. The van der Waals surface area contributed by atoms with E-state index in [1.807, 2.05) is 24.3 Å². The van der Waals surface area contributed by atoms with Crippen LogP contribution in [0, 0.1) is 0 Å². The molecular formula is C20H21F3N2O3. The fourth-order valence-electron chi connectivity index (χ4n) is 3.02. The number of hydrogen-bond donors (Lipinski definition) is 0. The highest BCUT2D eigenvalue weighted by Crippen LogP contribution is 2.31. The minimum atomic E-state index is -4.44. The van der Waals surface area contributed by atoms with Crippen LogP contribution in [-0.4, -0.2) is 50.7 Å². The molecule has 0 N–H and O–H groups in total. The lowest BCUT2D eigenvalue weighted by molar-refractivity contribution is -0.137. The van der Waals surface area contributed by atoms with E-state index in [2.05, 4.69) is 4.90 Å². The van der Waals surface area contributed by atoms with Crippen LogP contribution in [0.4, 0.5) is 18.9 Å². The van der Waals surface area contributed by atoms with Gasteiger partial charge in [-0.25, -0.2) is 0 Å². The van der Waals surface area contributed by atoms with Gasteiger partial charge in [-0.2, -0.15) is 13.2 Å². The van der Waals surface area contributed by atoms with E-state index in [0.29, 0.717) is 26.2 Å². The quantitative estimate of drug-likeness (QED) is 0.779. The van der Waals surface area contributed by atoms with E-state index in [1.54, 1.807) is 12.0 Å². The van der Waals surface area contributed by atoms with Crippen molar-refractivity contribution in [3.8, 4) is 11.5 Å². The van der Waals surface area contributed by atoms with Crippen molar-refractivity contribution < 1.29 is 27.4 Å². The number of hydrogen-bond acceptors (Lipinski definition) is 4. The Hall–Kier alpha value is -2.90. The number of alkyl halides is 3. The first kappa shape index (κ1) is 19.9.